The van der Waals surface area contributed by atoms with Gasteiger partial charge in [-0.1, -0.05) is 74.5 Å². The topological polar surface area (TPSA) is 66.4 Å². The lowest BCUT2D eigenvalue weighted by Gasteiger charge is -2.27. The van der Waals surface area contributed by atoms with Crippen LogP contribution in [0.25, 0.3) is 0 Å². The second-order valence-corrected chi connectivity index (χ2v) is 9.99. The summed E-state index contributed by atoms with van der Waals surface area (Å²) in [7, 11) is -3.71. The van der Waals surface area contributed by atoms with Crippen LogP contribution < -0.4 is 4.72 Å². The molecule has 0 amide bonds. The standard InChI is InChI=1S/C19H26ClNO3S2/c1-2-3-4-8-11-16(15-9-6-5-7-10-15)17(14-22)21-26(23,24)19-13-12-18(20)25-19/h5-7,9-10,12-13,16-17,21-22H,2-4,8,11,14H2,1H3/t16-,17-/m0/s1. The average Bonchev–Trinajstić information content (AvgIpc) is 3.08. The summed E-state index contributed by atoms with van der Waals surface area (Å²) in [6.45, 7) is 1.90. The number of aliphatic hydroxyl groups excluding tert-OH is 1. The summed E-state index contributed by atoms with van der Waals surface area (Å²) in [4.78, 5) is 0. The lowest BCUT2D eigenvalue weighted by atomic mass is 9.87. The van der Waals surface area contributed by atoms with Crippen molar-refractivity contribution in [1.29, 1.82) is 0 Å². The highest BCUT2D eigenvalue weighted by molar-refractivity contribution is 7.91. The molecule has 0 aliphatic rings. The van der Waals surface area contributed by atoms with E-state index in [0.717, 1.165) is 49.0 Å². The Morgan fingerprint density at radius 2 is 1.85 bits per heavy atom. The summed E-state index contributed by atoms with van der Waals surface area (Å²) in [6, 6.07) is 12.3. The maximum Gasteiger partial charge on any atom is 0.250 e. The molecule has 144 valence electrons. The number of nitrogens with one attached hydrogen (secondary N) is 1. The smallest absolute Gasteiger partial charge is 0.250 e. The zero-order valence-corrected chi connectivity index (χ0v) is 17.3. The monoisotopic (exact) mass is 415 g/mol. The summed E-state index contributed by atoms with van der Waals surface area (Å²) in [5, 5.41) is 9.93. The van der Waals surface area contributed by atoms with Crippen LogP contribution in [0.2, 0.25) is 4.34 Å². The third-order valence-corrected chi connectivity index (χ3v) is 7.61. The van der Waals surface area contributed by atoms with Crippen LogP contribution in [0.3, 0.4) is 0 Å². The van der Waals surface area contributed by atoms with Crippen LogP contribution in [0.1, 0.15) is 50.5 Å². The minimum atomic E-state index is -3.71. The Labute approximate surface area is 165 Å². The minimum Gasteiger partial charge on any atom is -0.395 e. The highest BCUT2D eigenvalue weighted by Gasteiger charge is 2.28. The van der Waals surface area contributed by atoms with Gasteiger partial charge in [0.25, 0.3) is 0 Å². The van der Waals surface area contributed by atoms with Gasteiger partial charge in [-0.2, -0.15) is 0 Å². The van der Waals surface area contributed by atoms with Crippen molar-refractivity contribution in [2.24, 2.45) is 0 Å². The van der Waals surface area contributed by atoms with Crippen molar-refractivity contribution < 1.29 is 13.5 Å². The largest absolute Gasteiger partial charge is 0.395 e. The molecule has 1 aromatic carbocycles. The second kappa shape index (κ2) is 10.4. The number of sulfonamides is 1. The highest BCUT2D eigenvalue weighted by atomic mass is 35.5. The Bertz CT molecular complexity index is 762. The number of hydrogen-bond donors (Lipinski definition) is 2. The van der Waals surface area contributed by atoms with E-state index in [1.165, 1.54) is 6.07 Å². The number of rotatable bonds is 11. The Morgan fingerprint density at radius 1 is 1.12 bits per heavy atom. The molecule has 0 radical (unpaired) electrons. The van der Waals surface area contributed by atoms with Gasteiger partial charge in [0.1, 0.15) is 4.21 Å². The van der Waals surface area contributed by atoms with Crippen LogP contribution in [0, 0.1) is 0 Å². The molecule has 2 N–H and O–H groups in total. The van der Waals surface area contributed by atoms with Crippen LogP contribution in [-0.4, -0.2) is 26.2 Å². The predicted octanol–water partition coefficient (Wildman–Crippen LogP) is 4.79. The molecule has 0 saturated carbocycles. The third-order valence-electron chi connectivity index (χ3n) is 4.40. The van der Waals surface area contributed by atoms with Crippen molar-refractivity contribution in [2.45, 2.75) is 55.2 Å². The van der Waals surface area contributed by atoms with E-state index in [4.69, 9.17) is 11.6 Å². The maximum absolute atomic E-state index is 12.7. The van der Waals surface area contributed by atoms with Crippen molar-refractivity contribution in [2.75, 3.05) is 6.61 Å². The highest BCUT2D eigenvalue weighted by Crippen LogP contribution is 2.29. The van der Waals surface area contributed by atoms with Crippen molar-refractivity contribution in [3.05, 3.63) is 52.4 Å². The molecule has 0 spiro atoms. The molecule has 0 fully saturated rings. The Balaban J connectivity index is 2.19. The summed E-state index contributed by atoms with van der Waals surface area (Å²) in [5.41, 5.74) is 1.04. The molecule has 0 saturated heterocycles. The zero-order valence-electron chi connectivity index (χ0n) is 14.9. The lowest BCUT2D eigenvalue weighted by Crippen LogP contribution is -2.41. The van der Waals surface area contributed by atoms with Crippen molar-refractivity contribution in [3.63, 3.8) is 0 Å². The molecule has 4 nitrogen and oxygen atoms in total. The average molecular weight is 416 g/mol. The van der Waals surface area contributed by atoms with Crippen LogP contribution in [0.5, 0.6) is 0 Å². The number of aliphatic hydroxyl groups is 1. The van der Waals surface area contributed by atoms with Gasteiger partial charge in [0.05, 0.1) is 17.0 Å². The van der Waals surface area contributed by atoms with Crippen molar-refractivity contribution >= 4 is 33.0 Å². The van der Waals surface area contributed by atoms with Gasteiger partial charge in [-0.05, 0) is 24.1 Å². The molecule has 0 aliphatic carbocycles. The fourth-order valence-corrected chi connectivity index (χ4v) is 5.80. The third kappa shape index (κ3) is 6.06. The second-order valence-electron chi connectivity index (χ2n) is 6.34. The molecule has 2 atom stereocenters. The molecule has 7 heteroatoms. The minimum absolute atomic E-state index is 0.0803. The fourth-order valence-electron chi connectivity index (χ4n) is 3.04. The van der Waals surface area contributed by atoms with Crippen molar-refractivity contribution in [3.8, 4) is 0 Å². The van der Waals surface area contributed by atoms with Crippen LogP contribution in [-0.2, 0) is 10.0 Å². The van der Waals surface area contributed by atoms with Crippen molar-refractivity contribution in [1.82, 2.24) is 4.72 Å². The van der Waals surface area contributed by atoms with E-state index in [0.29, 0.717) is 4.34 Å². The number of hydrogen-bond acceptors (Lipinski definition) is 4. The van der Waals surface area contributed by atoms with E-state index in [9.17, 15) is 13.5 Å². The number of thiophene rings is 1. The fraction of sp³-hybridized carbons (Fsp3) is 0.474. The molecule has 1 heterocycles. The molecule has 0 aliphatic heterocycles. The van der Waals surface area contributed by atoms with Gasteiger partial charge >= 0.3 is 0 Å². The van der Waals surface area contributed by atoms with E-state index in [-0.39, 0.29) is 16.7 Å². The maximum atomic E-state index is 12.7. The van der Waals surface area contributed by atoms with Crippen LogP contribution >= 0.6 is 22.9 Å². The summed E-state index contributed by atoms with van der Waals surface area (Å²) < 4.78 is 28.6. The molecule has 26 heavy (non-hydrogen) atoms. The van der Waals surface area contributed by atoms with E-state index in [1.54, 1.807) is 6.07 Å². The van der Waals surface area contributed by atoms with Gasteiger partial charge < -0.3 is 5.11 Å². The van der Waals surface area contributed by atoms with Gasteiger partial charge in [0.15, 0.2) is 0 Å². The zero-order chi connectivity index (χ0) is 19.0. The molecule has 2 aromatic rings. The molecule has 1 aromatic heterocycles. The number of benzene rings is 1. The van der Waals surface area contributed by atoms with Crippen LogP contribution in [0.15, 0.2) is 46.7 Å². The van der Waals surface area contributed by atoms with E-state index < -0.39 is 16.1 Å². The van der Waals surface area contributed by atoms with Gasteiger partial charge in [-0.15, -0.1) is 11.3 Å². The first-order chi connectivity index (χ1) is 12.5. The molecule has 2 rings (SSSR count). The van der Waals surface area contributed by atoms with Gasteiger partial charge in [-0.25, -0.2) is 13.1 Å². The first kappa shape index (κ1) is 21.4. The van der Waals surface area contributed by atoms with Gasteiger partial charge in [-0.3, -0.25) is 0 Å². The lowest BCUT2D eigenvalue weighted by molar-refractivity contribution is 0.233. The quantitative estimate of drug-likeness (QED) is 0.518. The summed E-state index contributed by atoms with van der Waals surface area (Å²) in [6.07, 6.45) is 5.22. The first-order valence-corrected chi connectivity index (χ1v) is 11.6. The predicted molar refractivity (Wildman–Crippen MR) is 108 cm³/mol. The molecule has 0 unspecified atom stereocenters. The Hall–Kier alpha value is -0.920. The normalized spacial score (nSPS) is 14.3. The Kier molecular flexibility index (Phi) is 8.57. The number of unbranched alkanes of at least 4 members (excludes halogenated alkanes) is 3. The van der Waals surface area contributed by atoms with E-state index in [1.807, 2.05) is 30.3 Å². The van der Waals surface area contributed by atoms with Gasteiger partial charge in [0, 0.05) is 5.92 Å². The molecule has 0 bridgehead atoms. The first-order valence-electron chi connectivity index (χ1n) is 8.91. The summed E-state index contributed by atoms with van der Waals surface area (Å²) in [5.74, 6) is -0.0803. The molecular weight excluding hydrogens is 390 g/mol. The van der Waals surface area contributed by atoms with E-state index in [2.05, 4.69) is 11.6 Å². The van der Waals surface area contributed by atoms with Gasteiger partial charge in [0.2, 0.25) is 10.0 Å². The Morgan fingerprint density at radius 3 is 2.42 bits per heavy atom. The molecular formula is C19H26ClNO3S2. The van der Waals surface area contributed by atoms with Crippen LogP contribution in [0.4, 0.5) is 0 Å². The summed E-state index contributed by atoms with van der Waals surface area (Å²) >= 11 is 6.88. The SMILES string of the molecule is CCCCCC[C@@H](c1ccccc1)[C@H](CO)NS(=O)(=O)c1ccc(Cl)s1. The van der Waals surface area contributed by atoms with E-state index >= 15 is 0 Å². The number of halogens is 1.